The number of ether oxygens (including phenoxy) is 1. The van der Waals surface area contributed by atoms with Gasteiger partial charge in [0.25, 0.3) is 0 Å². The summed E-state index contributed by atoms with van der Waals surface area (Å²) in [6.07, 6.45) is 4.07. The first-order valence-electron chi connectivity index (χ1n) is 5.90. The number of nitrogens with zero attached hydrogens (tertiary/aromatic N) is 2. The van der Waals surface area contributed by atoms with Crippen molar-refractivity contribution >= 4 is 16.3 Å². The second-order valence-corrected chi connectivity index (χ2v) is 5.33. The van der Waals surface area contributed by atoms with Crippen molar-refractivity contribution in [2.24, 2.45) is 5.92 Å². The zero-order valence-electron chi connectivity index (χ0n) is 10.2. The average molecular weight is 254 g/mol. The molecule has 0 spiro atoms. The van der Waals surface area contributed by atoms with Crippen LogP contribution in [0.4, 0.5) is 0 Å². The van der Waals surface area contributed by atoms with Crippen LogP contribution in [0.1, 0.15) is 32.4 Å². The van der Waals surface area contributed by atoms with Crippen molar-refractivity contribution in [3.05, 3.63) is 17.3 Å². The van der Waals surface area contributed by atoms with Gasteiger partial charge in [-0.1, -0.05) is 13.8 Å². The van der Waals surface area contributed by atoms with Crippen LogP contribution in [0.5, 0.6) is 5.88 Å². The summed E-state index contributed by atoms with van der Waals surface area (Å²) in [4.78, 5) is 5.23. The Morgan fingerprint density at radius 1 is 1.53 bits per heavy atom. The summed E-state index contributed by atoms with van der Waals surface area (Å²) >= 11 is 1.54. The standard InChI is InChI=1S/C12H18N2O2S/c1-9(2)4-3-6-16-11-10(8-15)14-5-7-17-12(14)13-11/h5,7,9,15H,3-4,6,8H2,1-2H3. The van der Waals surface area contributed by atoms with Gasteiger partial charge in [0.2, 0.25) is 5.88 Å². The molecule has 0 amide bonds. The molecule has 0 unspecified atom stereocenters. The van der Waals surface area contributed by atoms with Crippen LogP contribution >= 0.6 is 11.3 Å². The van der Waals surface area contributed by atoms with Gasteiger partial charge < -0.3 is 9.84 Å². The number of fused-ring (bicyclic) bond motifs is 1. The van der Waals surface area contributed by atoms with E-state index in [4.69, 9.17) is 4.74 Å². The fourth-order valence-electron chi connectivity index (χ4n) is 1.73. The van der Waals surface area contributed by atoms with E-state index in [0.29, 0.717) is 18.4 Å². The van der Waals surface area contributed by atoms with Crippen molar-refractivity contribution < 1.29 is 9.84 Å². The lowest BCUT2D eigenvalue weighted by molar-refractivity contribution is 0.249. The Kier molecular flexibility index (Phi) is 4.02. The number of hydrogen-bond donors (Lipinski definition) is 1. The van der Waals surface area contributed by atoms with E-state index in [9.17, 15) is 5.11 Å². The third-order valence-corrected chi connectivity index (χ3v) is 3.40. The normalized spacial score (nSPS) is 11.5. The van der Waals surface area contributed by atoms with Crippen molar-refractivity contribution in [3.63, 3.8) is 0 Å². The maximum atomic E-state index is 9.33. The van der Waals surface area contributed by atoms with E-state index in [1.54, 1.807) is 11.3 Å². The summed E-state index contributed by atoms with van der Waals surface area (Å²) in [5.74, 6) is 1.27. The molecule has 0 aliphatic rings. The van der Waals surface area contributed by atoms with E-state index in [0.717, 1.165) is 23.5 Å². The number of aliphatic hydroxyl groups excluding tert-OH is 1. The predicted molar refractivity (Wildman–Crippen MR) is 68.6 cm³/mol. The Balaban J connectivity index is 2.00. The van der Waals surface area contributed by atoms with Crippen LogP contribution in [-0.4, -0.2) is 21.1 Å². The molecule has 0 saturated carbocycles. The summed E-state index contributed by atoms with van der Waals surface area (Å²) < 4.78 is 7.51. The van der Waals surface area contributed by atoms with Crippen LogP contribution in [0.2, 0.25) is 0 Å². The highest BCUT2D eigenvalue weighted by Crippen LogP contribution is 2.23. The smallest absolute Gasteiger partial charge is 0.239 e. The lowest BCUT2D eigenvalue weighted by Gasteiger charge is -2.06. The molecule has 0 atom stereocenters. The Morgan fingerprint density at radius 2 is 2.35 bits per heavy atom. The molecule has 2 aromatic heterocycles. The summed E-state index contributed by atoms with van der Waals surface area (Å²) in [6, 6.07) is 0. The SMILES string of the molecule is CC(C)CCCOc1nc2sccn2c1CO. The minimum absolute atomic E-state index is 0.0442. The maximum Gasteiger partial charge on any atom is 0.239 e. The summed E-state index contributed by atoms with van der Waals surface area (Å²) in [6.45, 7) is 5.02. The Morgan fingerprint density at radius 3 is 3.06 bits per heavy atom. The fraction of sp³-hybridized carbons (Fsp3) is 0.583. The first kappa shape index (κ1) is 12.4. The molecule has 0 aromatic carbocycles. The topological polar surface area (TPSA) is 46.8 Å². The van der Waals surface area contributed by atoms with Gasteiger partial charge in [-0.15, -0.1) is 11.3 Å². The molecule has 2 rings (SSSR count). The van der Waals surface area contributed by atoms with Crippen molar-refractivity contribution in [2.75, 3.05) is 6.61 Å². The van der Waals surface area contributed by atoms with Crippen LogP contribution < -0.4 is 4.74 Å². The average Bonchev–Trinajstić information content (AvgIpc) is 2.83. The lowest BCUT2D eigenvalue weighted by Crippen LogP contribution is -2.02. The minimum Gasteiger partial charge on any atom is -0.476 e. The van der Waals surface area contributed by atoms with Gasteiger partial charge in [-0.05, 0) is 18.8 Å². The maximum absolute atomic E-state index is 9.33. The molecule has 0 bridgehead atoms. The molecule has 5 heteroatoms. The second kappa shape index (κ2) is 5.51. The van der Waals surface area contributed by atoms with Crippen molar-refractivity contribution in [1.29, 1.82) is 0 Å². The monoisotopic (exact) mass is 254 g/mol. The van der Waals surface area contributed by atoms with Crippen molar-refractivity contribution in [3.8, 4) is 5.88 Å². The Bertz CT molecular complexity index is 476. The predicted octanol–water partition coefficient (Wildman–Crippen LogP) is 2.70. The van der Waals surface area contributed by atoms with Gasteiger partial charge in [-0.2, -0.15) is 4.98 Å². The third-order valence-electron chi connectivity index (χ3n) is 2.64. The van der Waals surface area contributed by atoms with Gasteiger partial charge in [-0.25, -0.2) is 0 Å². The van der Waals surface area contributed by atoms with E-state index < -0.39 is 0 Å². The van der Waals surface area contributed by atoms with Crippen LogP contribution in [0.25, 0.3) is 4.96 Å². The zero-order valence-corrected chi connectivity index (χ0v) is 11.0. The molecule has 94 valence electrons. The van der Waals surface area contributed by atoms with Crippen LogP contribution in [0.3, 0.4) is 0 Å². The molecule has 0 aliphatic heterocycles. The van der Waals surface area contributed by atoms with Gasteiger partial charge in [0, 0.05) is 11.6 Å². The molecule has 1 N–H and O–H groups in total. The van der Waals surface area contributed by atoms with Crippen LogP contribution in [-0.2, 0) is 6.61 Å². The van der Waals surface area contributed by atoms with Crippen molar-refractivity contribution in [1.82, 2.24) is 9.38 Å². The molecule has 2 aromatic rings. The van der Waals surface area contributed by atoms with Gasteiger partial charge in [0.1, 0.15) is 5.69 Å². The molecule has 0 saturated heterocycles. The highest BCUT2D eigenvalue weighted by atomic mass is 32.1. The number of hydrogen-bond acceptors (Lipinski definition) is 4. The number of thiazole rings is 1. The van der Waals surface area contributed by atoms with E-state index in [1.165, 1.54) is 0 Å². The van der Waals surface area contributed by atoms with E-state index >= 15 is 0 Å². The molecule has 0 radical (unpaired) electrons. The first-order valence-corrected chi connectivity index (χ1v) is 6.78. The molecule has 0 aliphatic carbocycles. The van der Waals surface area contributed by atoms with E-state index in [1.807, 2.05) is 16.0 Å². The molecule has 2 heterocycles. The molecule has 17 heavy (non-hydrogen) atoms. The van der Waals surface area contributed by atoms with Gasteiger partial charge in [0.05, 0.1) is 13.2 Å². The van der Waals surface area contributed by atoms with Crippen LogP contribution in [0.15, 0.2) is 11.6 Å². The minimum atomic E-state index is -0.0442. The highest BCUT2D eigenvalue weighted by molar-refractivity contribution is 7.15. The summed E-state index contributed by atoms with van der Waals surface area (Å²) in [5, 5.41) is 11.3. The third kappa shape index (κ3) is 2.79. The van der Waals surface area contributed by atoms with Crippen LogP contribution in [0, 0.1) is 5.92 Å². The lowest BCUT2D eigenvalue weighted by atomic mass is 10.1. The van der Waals surface area contributed by atoms with Gasteiger partial charge >= 0.3 is 0 Å². The fourth-order valence-corrected chi connectivity index (χ4v) is 2.46. The molecule has 0 fully saturated rings. The molecular weight excluding hydrogens is 236 g/mol. The van der Waals surface area contributed by atoms with E-state index in [2.05, 4.69) is 18.8 Å². The van der Waals surface area contributed by atoms with Gasteiger partial charge in [-0.3, -0.25) is 4.40 Å². The number of rotatable bonds is 6. The number of aliphatic hydroxyl groups is 1. The number of imidazole rings is 1. The summed E-state index contributed by atoms with van der Waals surface area (Å²) in [7, 11) is 0. The Hall–Kier alpha value is -1.07. The van der Waals surface area contributed by atoms with Gasteiger partial charge in [0.15, 0.2) is 4.96 Å². The zero-order chi connectivity index (χ0) is 12.3. The Labute approximate surface area is 105 Å². The quantitative estimate of drug-likeness (QED) is 0.806. The number of aromatic nitrogens is 2. The second-order valence-electron chi connectivity index (χ2n) is 4.46. The first-order chi connectivity index (χ1) is 8.22. The van der Waals surface area contributed by atoms with Crippen molar-refractivity contribution in [2.45, 2.75) is 33.3 Å². The largest absolute Gasteiger partial charge is 0.476 e. The van der Waals surface area contributed by atoms with E-state index in [-0.39, 0.29) is 6.61 Å². The molecule has 4 nitrogen and oxygen atoms in total. The highest BCUT2D eigenvalue weighted by Gasteiger charge is 2.13. The molecular formula is C12H18N2O2S. The summed E-state index contributed by atoms with van der Waals surface area (Å²) in [5.41, 5.74) is 0.741.